The van der Waals surface area contributed by atoms with Gasteiger partial charge in [0.15, 0.2) is 5.25 Å². The van der Waals surface area contributed by atoms with Crippen molar-refractivity contribution in [3.63, 3.8) is 0 Å². The molecule has 19 heavy (non-hydrogen) atoms. The fraction of sp³-hybridized carbons (Fsp3) is 0.273. The molecule has 0 aliphatic rings. The largest absolute Gasteiger partial charge is 0.480 e. The molecule has 8 heteroatoms. The van der Waals surface area contributed by atoms with Crippen molar-refractivity contribution in [2.75, 3.05) is 4.72 Å². The summed E-state index contributed by atoms with van der Waals surface area (Å²) in [7, 11) is -4.07. The maximum atomic E-state index is 11.7. The van der Waals surface area contributed by atoms with Crippen LogP contribution >= 0.6 is 0 Å². The number of carboxylic acid groups (broad SMARTS) is 2. The van der Waals surface area contributed by atoms with E-state index in [0.29, 0.717) is 5.56 Å². The summed E-state index contributed by atoms with van der Waals surface area (Å²) in [5.74, 6) is -2.59. The predicted octanol–water partition coefficient (Wildman–Crippen LogP) is 0.908. The molecular formula is C11H13NO6S. The maximum absolute atomic E-state index is 11.7. The van der Waals surface area contributed by atoms with E-state index in [1.807, 2.05) is 0 Å². The average molecular weight is 287 g/mol. The van der Waals surface area contributed by atoms with Crippen molar-refractivity contribution in [2.45, 2.75) is 19.1 Å². The third kappa shape index (κ3) is 3.44. The monoisotopic (exact) mass is 287 g/mol. The molecule has 1 aromatic rings. The molecule has 1 atom stereocenters. The van der Waals surface area contributed by atoms with Crippen LogP contribution in [-0.4, -0.2) is 35.8 Å². The van der Waals surface area contributed by atoms with E-state index in [4.69, 9.17) is 10.2 Å². The molecule has 0 saturated heterocycles. The van der Waals surface area contributed by atoms with Crippen LogP contribution in [0.25, 0.3) is 0 Å². The summed E-state index contributed by atoms with van der Waals surface area (Å²) in [6, 6.07) is 3.81. The summed E-state index contributed by atoms with van der Waals surface area (Å²) >= 11 is 0. The Morgan fingerprint density at radius 1 is 1.26 bits per heavy atom. The van der Waals surface area contributed by atoms with Gasteiger partial charge >= 0.3 is 11.9 Å². The number of nitrogens with one attached hydrogen (secondary N) is 1. The zero-order chi connectivity index (χ0) is 14.8. The Morgan fingerprint density at radius 2 is 1.84 bits per heavy atom. The van der Waals surface area contributed by atoms with E-state index in [-0.39, 0.29) is 11.3 Å². The second kappa shape index (κ2) is 5.27. The molecule has 1 aromatic carbocycles. The first-order valence-corrected chi connectivity index (χ1v) is 6.78. The molecule has 0 bridgehead atoms. The van der Waals surface area contributed by atoms with Gasteiger partial charge in [-0.15, -0.1) is 0 Å². The van der Waals surface area contributed by atoms with E-state index in [9.17, 15) is 18.0 Å². The van der Waals surface area contributed by atoms with Crippen LogP contribution < -0.4 is 4.72 Å². The summed E-state index contributed by atoms with van der Waals surface area (Å²) in [4.78, 5) is 21.4. The van der Waals surface area contributed by atoms with Gasteiger partial charge in [0, 0.05) is 0 Å². The van der Waals surface area contributed by atoms with Gasteiger partial charge in [-0.3, -0.25) is 9.52 Å². The number of aryl methyl sites for hydroxylation is 1. The number of carbonyl (C=O) groups is 2. The van der Waals surface area contributed by atoms with E-state index >= 15 is 0 Å². The lowest BCUT2D eigenvalue weighted by molar-refractivity contribution is -0.136. The molecule has 0 aliphatic carbocycles. The summed E-state index contributed by atoms with van der Waals surface area (Å²) in [6.07, 6.45) is 0. The van der Waals surface area contributed by atoms with E-state index in [2.05, 4.69) is 4.72 Å². The number of aliphatic carboxylic acids is 1. The predicted molar refractivity (Wildman–Crippen MR) is 67.8 cm³/mol. The summed E-state index contributed by atoms with van der Waals surface area (Å²) in [6.45, 7) is 2.57. The van der Waals surface area contributed by atoms with Gasteiger partial charge in [0.1, 0.15) is 0 Å². The lowest BCUT2D eigenvalue weighted by atomic mass is 10.1. The Hall–Kier alpha value is -2.09. The Balaban J connectivity index is 3.07. The number of benzene rings is 1. The zero-order valence-corrected chi connectivity index (χ0v) is 11.1. The third-order valence-electron chi connectivity index (χ3n) is 2.54. The van der Waals surface area contributed by atoms with E-state index < -0.39 is 27.2 Å². The Bertz CT molecular complexity index is 622. The number of hydrogen-bond acceptors (Lipinski definition) is 4. The molecular weight excluding hydrogens is 274 g/mol. The van der Waals surface area contributed by atoms with Gasteiger partial charge in [-0.1, -0.05) is 0 Å². The van der Waals surface area contributed by atoms with Gasteiger partial charge in [0.05, 0.1) is 11.3 Å². The molecule has 7 nitrogen and oxygen atoms in total. The van der Waals surface area contributed by atoms with Gasteiger partial charge < -0.3 is 10.2 Å². The highest BCUT2D eigenvalue weighted by molar-refractivity contribution is 7.94. The molecule has 0 amide bonds. The molecule has 3 N–H and O–H groups in total. The van der Waals surface area contributed by atoms with Crippen molar-refractivity contribution in [3.8, 4) is 0 Å². The van der Waals surface area contributed by atoms with Crippen LogP contribution in [-0.2, 0) is 14.8 Å². The van der Waals surface area contributed by atoms with Crippen molar-refractivity contribution < 1.29 is 28.2 Å². The normalized spacial score (nSPS) is 12.7. The SMILES string of the molecule is Cc1cc(C(=O)O)ccc1NS(=O)(=O)C(C)C(=O)O. The quantitative estimate of drug-likeness (QED) is 0.740. The van der Waals surface area contributed by atoms with Gasteiger partial charge in [0.25, 0.3) is 0 Å². The van der Waals surface area contributed by atoms with Crippen LogP contribution in [0.3, 0.4) is 0 Å². The first kappa shape index (κ1) is 15.0. The molecule has 0 aromatic heterocycles. The standard InChI is InChI=1S/C11H13NO6S/c1-6-5-8(11(15)16)3-4-9(6)12-19(17,18)7(2)10(13)14/h3-5,7,12H,1-2H3,(H,13,14)(H,15,16). The fourth-order valence-electron chi connectivity index (χ4n) is 1.29. The van der Waals surface area contributed by atoms with Gasteiger partial charge in [-0.25, -0.2) is 13.2 Å². The van der Waals surface area contributed by atoms with Gasteiger partial charge in [-0.05, 0) is 37.6 Å². The van der Waals surface area contributed by atoms with Crippen molar-refractivity contribution >= 4 is 27.6 Å². The molecule has 1 unspecified atom stereocenters. The third-order valence-corrected chi connectivity index (χ3v) is 4.18. The summed E-state index contributed by atoms with van der Waals surface area (Å²) in [5.41, 5.74) is 0.561. The van der Waals surface area contributed by atoms with Crippen molar-refractivity contribution in [1.82, 2.24) is 0 Å². The van der Waals surface area contributed by atoms with Crippen LogP contribution in [0, 0.1) is 6.92 Å². The van der Waals surface area contributed by atoms with E-state index in [1.165, 1.54) is 25.1 Å². The van der Waals surface area contributed by atoms with Crippen LogP contribution in [0.5, 0.6) is 0 Å². The zero-order valence-electron chi connectivity index (χ0n) is 10.2. The van der Waals surface area contributed by atoms with Gasteiger partial charge in [0.2, 0.25) is 10.0 Å². The molecule has 0 aliphatic heterocycles. The number of rotatable bonds is 5. The smallest absolute Gasteiger partial charge is 0.335 e. The first-order valence-electron chi connectivity index (χ1n) is 5.23. The van der Waals surface area contributed by atoms with Crippen molar-refractivity contribution in [3.05, 3.63) is 29.3 Å². The van der Waals surface area contributed by atoms with Crippen LogP contribution in [0.15, 0.2) is 18.2 Å². The molecule has 0 spiro atoms. The van der Waals surface area contributed by atoms with E-state index in [0.717, 1.165) is 6.92 Å². The maximum Gasteiger partial charge on any atom is 0.335 e. The van der Waals surface area contributed by atoms with Crippen LogP contribution in [0.1, 0.15) is 22.8 Å². The highest BCUT2D eigenvalue weighted by Gasteiger charge is 2.28. The number of sulfonamides is 1. The molecule has 0 radical (unpaired) electrons. The Labute approximate surface area is 109 Å². The topological polar surface area (TPSA) is 121 Å². The second-order valence-electron chi connectivity index (χ2n) is 3.96. The second-order valence-corrected chi connectivity index (χ2v) is 5.96. The molecule has 104 valence electrons. The fourth-order valence-corrected chi connectivity index (χ4v) is 2.26. The first-order chi connectivity index (χ1) is 8.65. The summed E-state index contributed by atoms with van der Waals surface area (Å²) < 4.78 is 25.5. The molecule has 0 fully saturated rings. The molecule has 0 saturated carbocycles. The highest BCUT2D eigenvalue weighted by Crippen LogP contribution is 2.19. The molecule has 0 heterocycles. The van der Waals surface area contributed by atoms with Gasteiger partial charge in [-0.2, -0.15) is 0 Å². The number of hydrogen-bond donors (Lipinski definition) is 3. The Morgan fingerprint density at radius 3 is 2.26 bits per heavy atom. The number of anilines is 1. The lowest BCUT2D eigenvalue weighted by Crippen LogP contribution is -2.32. The average Bonchev–Trinajstić information content (AvgIpc) is 2.30. The minimum atomic E-state index is -4.07. The van der Waals surface area contributed by atoms with Crippen LogP contribution in [0.2, 0.25) is 0 Å². The van der Waals surface area contributed by atoms with Crippen molar-refractivity contribution in [2.24, 2.45) is 0 Å². The van der Waals surface area contributed by atoms with Crippen LogP contribution in [0.4, 0.5) is 5.69 Å². The lowest BCUT2D eigenvalue weighted by Gasteiger charge is -2.13. The minimum Gasteiger partial charge on any atom is -0.480 e. The number of carboxylic acids is 2. The Kier molecular flexibility index (Phi) is 4.15. The summed E-state index contributed by atoms with van der Waals surface area (Å²) in [5, 5.41) is 15.9. The van der Waals surface area contributed by atoms with Crippen molar-refractivity contribution in [1.29, 1.82) is 0 Å². The highest BCUT2D eigenvalue weighted by atomic mass is 32.2. The number of aromatic carboxylic acids is 1. The van der Waals surface area contributed by atoms with E-state index in [1.54, 1.807) is 0 Å². The molecule has 1 rings (SSSR count). The minimum absolute atomic E-state index is 0.0201.